The Kier molecular flexibility index (Phi) is 4.07. The van der Waals surface area contributed by atoms with E-state index in [4.69, 9.17) is 0 Å². The Hall–Kier alpha value is -1.74. The van der Waals surface area contributed by atoms with E-state index in [1.54, 1.807) is 0 Å². The number of hydrogen-bond acceptors (Lipinski definition) is 1. The zero-order valence-corrected chi connectivity index (χ0v) is 12.2. The largest absolute Gasteiger partial charge is 0.261 e. The van der Waals surface area contributed by atoms with Crippen molar-refractivity contribution in [3.63, 3.8) is 0 Å². The summed E-state index contributed by atoms with van der Waals surface area (Å²) in [5, 5.41) is 0. The van der Waals surface area contributed by atoms with Gasteiger partial charge in [-0.15, -0.1) is 10.5 Å². The molecule has 2 nitrogen and oxygen atoms in total. The first-order chi connectivity index (χ1) is 9.83. The summed E-state index contributed by atoms with van der Waals surface area (Å²) in [6, 6.07) is 20.8. The topological polar surface area (TPSA) is 20.1 Å². The van der Waals surface area contributed by atoms with Crippen molar-refractivity contribution >= 4 is 15.5 Å². The van der Waals surface area contributed by atoms with Crippen molar-refractivity contribution in [1.82, 2.24) is 0 Å². The lowest BCUT2D eigenvalue weighted by Crippen LogP contribution is -2.15. The first-order valence-corrected chi connectivity index (χ1v) is 8.45. The van der Waals surface area contributed by atoms with Gasteiger partial charge in [0.2, 0.25) is 6.54 Å². The lowest BCUT2D eigenvalue weighted by atomic mass is 10.1. The number of rotatable bonds is 4. The van der Waals surface area contributed by atoms with Crippen LogP contribution in [0, 0.1) is 4.91 Å². The minimum atomic E-state index is 0.0834. The van der Waals surface area contributed by atoms with E-state index in [9.17, 15) is 4.91 Å². The van der Waals surface area contributed by atoms with Crippen LogP contribution < -0.4 is 0 Å². The molecule has 0 saturated heterocycles. The van der Waals surface area contributed by atoms with Gasteiger partial charge >= 0.3 is 0 Å². The van der Waals surface area contributed by atoms with Crippen molar-refractivity contribution in [2.75, 3.05) is 12.3 Å². The van der Waals surface area contributed by atoms with Crippen molar-refractivity contribution in [1.29, 1.82) is 0 Å². The molecule has 20 heavy (non-hydrogen) atoms. The second-order valence-corrected chi connectivity index (χ2v) is 7.14. The molecule has 2 aromatic carbocycles. The Morgan fingerprint density at radius 1 is 0.900 bits per heavy atom. The number of nitrogens with zero attached hydrogens (tertiary/aromatic N) is 1. The smallest absolute Gasteiger partial charge is 0.104 e. The number of hydrogen-bond donors (Lipinski definition) is 0. The van der Waals surface area contributed by atoms with Crippen LogP contribution in [0.15, 0.2) is 60.7 Å². The lowest BCUT2D eigenvalue weighted by molar-refractivity contribution is -0.419. The van der Waals surface area contributed by atoms with Gasteiger partial charge in [-0.25, -0.2) is 0 Å². The summed E-state index contributed by atoms with van der Waals surface area (Å²) < 4.78 is 1.22. The predicted molar refractivity (Wildman–Crippen MR) is 86.3 cm³/mol. The second kappa shape index (κ2) is 6.14. The third-order valence-corrected chi connectivity index (χ3v) is 5.91. The zero-order valence-electron chi connectivity index (χ0n) is 11.4. The summed E-state index contributed by atoms with van der Waals surface area (Å²) >= 11 is 0. The van der Waals surface area contributed by atoms with Crippen LogP contribution in [0.3, 0.4) is 0 Å². The van der Waals surface area contributed by atoms with Gasteiger partial charge in [-0.2, -0.15) is 0 Å². The molecule has 102 valence electrons. The molecule has 1 aliphatic rings. The molecule has 0 aliphatic carbocycles. The van der Waals surface area contributed by atoms with Crippen LogP contribution in [0.4, 0.5) is 0 Å². The van der Waals surface area contributed by atoms with Gasteiger partial charge in [-0.3, -0.25) is 0 Å². The minimum Gasteiger partial charge on any atom is -0.104 e. The molecule has 0 amide bonds. The van der Waals surface area contributed by atoms with Crippen LogP contribution in [0.5, 0.6) is 0 Å². The Bertz CT molecular complexity index is 635. The normalized spacial score (nSPS) is 18.5. The van der Waals surface area contributed by atoms with Gasteiger partial charge in [0, 0.05) is 15.4 Å². The van der Waals surface area contributed by atoms with E-state index in [0.717, 1.165) is 22.9 Å². The molecule has 0 fully saturated rings. The van der Waals surface area contributed by atoms with Crippen LogP contribution in [-0.2, 0) is 12.2 Å². The average Bonchev–Trinajstić information content (AvgIpc) is 2.83. The van der Waals surface area contributed by atoms with Crippen molar-refractivity contribution < 1.29 is 4.76 Å². The van der Waals surface area contributed by atoms with E-state index in [0.29, 0.717) is 6.54 Å². The Labute approximate surface area is 122 Å². The van der Waals surface area contributed by atoms with Crippen molar-refractivity contribution in [2.45, 2.75) is 12.2 Å². The van der Waals surface area contributed by atoms with E-state index in [1.165, 1.54) is 15.9 Å². The Balaban J connectivity index is 1.84. The highest BCUT2D eigenvalue weighted by Gasteiger charge is 2.30. The average molecular weight is 284 g/mol. The Morgan fingerprint density at radius 3 is 2.15 bits per heavy atom. The van der Waals surface area contributed by atoms with E-state index in [-0.39, 0.29) is 10.5 Å². The standard InChI is InChI=1S/C17H18NOS/c19-18-11-12-20(14-16-9-5-2-6-10-16)17(18)13-15-7-3-1-4-8-15/h1-10H,11-14H2/q+1. The van der Waals surface area contributed by atoms with Crippen LogP contribution in [0.2, 0.25) is 0 Å². The highest BCUT2D eigenvalue weighted by atomic mass is 32.2. The third kappa shape index (κ3) is 3.05. The van der Waals surface area contributed by atoms with E-state index in [2.05, 4.69) is 36.4 Å². The molecule has 1 atom stereocenters. The first kappa shape index (κ1) is 13.3. The molecular weight excluding hydrogens is 266 g/mol. The molecule has 0 N–H and O–H groups in total. The minimum absolute atomic E-state index is 0.0834. The number of benzene rings is 2. The zero-order chi connectivity index (χ0) is 13.8. The molecule has 0 aromatic heterocycles. The van der Waals surface area contributed by atoms with Crippen LogP contribution in [0.25, 0.3) is 0 Å². The molecule has 1 heterocycles. The molecule has 1 unspecified atom stereocenters. The number of nitroso groups, excluding NO2 is 1. The van der Waals surface area contributed by atoms with E-state index < -0.39 is 0 Å². The van der Waals surface area contributed by atoms with Gasteiger partial charge in [0.15, 0.2) is 0 Å². The van der Waals surface area contributed by atoms with Crippen molar-refractivity contribution in [3.8, 4) is 0 Å². The van der Waals surface area contributed by atoms with Gasteiger partial charge in [0.05, 0.1) is 12.2 Å². The molecule has 0 radical (unpaired) electrons. The van der Waals surface area contributed by atoms with Gasteiger partial charge in [0.1, 0.15) is 0 Å². The predicted octanol–water partition coefficient (Wildman–Crippen LogP) is 3.62. The summed E-state index contributed by atoms with van der Waals surface area (Å²) in [6.45, 7) is 0.651. The molecule has 1 aliphatic heterocycles. The molecule has 0 saturated carbocycles. The van der Waals surface area contributed by atoms with Gasteiger partial charge in [-0.05, 0) is 11.1 Å². The fourth-order valence-corrected chi connectivity index (χ4v) is 4.75. The molecule has 3 rings (SSSR count). The molecule has 0 bridgehead atoms. The Morgan fingerprint density at radius 2 is 1.50 bits per heavy atom. The summed E-state index contributed by atoms with van der Waals surface area (Å²) in [6.07, 6.45) is 0.792. The maximum absolute atomic E-state index is 12.1. The summed E-state index contributed by atoms with van der Waals surface area (Å²) in [5.74, 6) is 2.00. The third-order valence-electron chi connectivity index (χ3n) is 3.53. The highest BCUT2D eigenvalue weighted by molar-refractivity contribution is 8.15. The first-order valence-electron chi connectivity index (χ1n) is 6.89. The van der Waals surface area contributed by atoms with Crippen LogP contribution in [0.1, 0.15) is 11.1 Å². The van der Waals surface area contributed by atoms with E-state index >= 15 is 0 Å². The van der Waals surface area contributed by atoms with E-state index in [1.807, 2.05) is 24.3 Å². The highest BCUT2D eigenvalue weighted by Crippen LogP contribution is 2.28. The molecular formula is C17H18NOS+. The summed E-state index contributed by atoms with van der Waals surface area (Å²) in [5.41, 5.74) is 2.56. The van der Waals surface area contributed by atoms with Gasteiger partial charge < -0.3 is 0 Å². The SMILES string of the molecule is O=[N+]1CCS(Cc2ccccc2)=C1Cc1ccccc1. The maximum Gasteiger partial charge on any atom is 0.261 e. The molecule has 2 aromatic rings. The molecule has 3 heteroatoms. The quantitative estimate of drug-likeness (QED) is 0.620. The monoisotopic (exact) mass is 284 g/mol. The van der Waals surface area contributed by atoms with Crippen LogP contribution >= 0.6 is 10.5 Å². The molecule has 0 spiro atoms. The summed E-state index contributed by atoms with van der Waals surface area (Å²) in [7, 11) is 0.0834. The fourth-order valence-electron chi connectivity index (χ4n) is 2.47. The summed E-state index contributed by atoms with van der Waals surface area (Å²) in [4.78, 5) is 13.1. The second-order valence-electron chi connectivity index (χ2n) is 4.99. The van der Waals surface area contributed by atoms with Crippen LogP contribution in [-0.4, -0.2) is 22.0 Å². The fraction of sp³-hybridized carbons (Fsp3) is 0.235. The lowest BCUT2D eigenvalue weighted by Gasteiger charge is -2.03. The van der Waals surface area contributed by atoms with Crippen molar-refractivity contribution in [3.05, 3.63) is 76.7 Å². The van der Waals surface area contributed by atoms with Gasteiger partial charge in [-0.1, -0.05) is 60.7 Å². The van der Waals surface area contributed by atoms with Crippen molar-refractivity contribution in [2.24, 2.45) is 0 Å². The van der Waals surface area contributed by atoms with Gasteiger partial charge in [0.25, 0.3) is 4.99 Å². The maximum atomic E-state index is 12.1.